The van der Waals surface area contributed by atoms with Gasteiger partial charge in [0.1, 0.15) is 11.6 Å². The van der Waals surface area contributed by atoms with E-state index in [-0.39, 0.29) is 29.8 Å². The van der Waals surface area contributed by atoms with Gasteiger partial charge in [0.2, 0.25) is 0 Å². The van der Waals surface area contributed by atoms with Crippen molar-refractivity contribution < 1.29 is 8.78 Å². The maximum Gasteiger partial charge on any atom is 0.191 e. The summed E-state index contributed by atoms with van der Waals surface area (Å²) in [6.07, 6.45) is 3.96. The topological polar surface area (TPSA) is 36.4 Å². The van der Waals surface area contributed by atoms with Crippen LogP contribution in [0, 0.1) is 11.6 Å². The molecule has 0 bridgehead atoms. The molecule has 1 aromatic rings. The Bertz CT molecular complexity index is 543. The molecule has 2 rings (SSSR count). The number of benzene rings is 1. The van der Waals surface area contributed by atoms with Gasteiger partial charge in [-0.05, 0) is 55.2 Å². The van der Waals surface area contributed by atoms with Crippen LogP contribution in [0.1, 0.15) is 31.7 Å². The maximum absolute atomic E-state index is 13.6. The van der Waals surface area contributed by atoms with E-state index in [9.17, 15) is 8.78 Å². The van der Waals surface area contributed by atoms with Crippen molar-refractivity contribution in [3.05, 3.63) is 35.4 Å². The van der Waals surface area contributed by atoms with Crippen LogP contribution in [0.4, 0.5) is 8.78 Å². The minimum atomic E-state index is -0.408. The van der Waals surface area contributed by atoms with Gasteiger partial charge in [-0.25, -0.2) is 8.78 Å². The highest BCUT2D eigenvalue weighted by atomic mass is 127. The minimum Gasteiger partial charge on any atom is -0.356 e. The number of halogens is 3. The average Bonchev–Trinajstić information content (AvgIpc) is 2.97. The Hall–Kier alpha value is -0.570. The van der Waals surface area contributed by atoms with E-state index in [1.165, 1.54) is 18.6 Å². The first-order valence-corrected chi connectivity index (χ1v) is 9.20. The first-order valence-electron chi connectivity index (χ1n) is 8.15. The van der Waals surface area contributed by atoms with Crippen molar-refractivity contribution in [1.82, 2.24) is 10.6 Å². The second-order valence-electron chi connectivity index (χ2n) is 5.72. The largest absolute Gasteiger partial charge is 0.356 e. The molecule has 7 heteroatoms. The number of hydrogen-bond donors (Lipinski definition) is 2. The molecule has 1 aliphatic carbocycles. The number of hydrogen-bond acceptors (Lipinski definition) is 2. The van der Waals surface area contributed by atoms with E-state index in [2.05, 4.69) is 22.5 Å². The fourth-order valence-corrected chi connectivity index (χ4v) is 4.04. The highest BCUT2D eigenvalue weighted by Crippen LogP contribution is 2.29. The molecule has 0 aliphatic heterocycles. The Kier molecular flexibility index (Phi) is 9.95. The summed E-state index contributed by atoms with van der Waals surface area (Å²) in [7, 11) is 1.73. The van der Waals surface area contributed by atoms with Crippen molar-refractivity contribution in [1.29, 1.82) is 0 Å². The van der Waals surface area contributed by atoms with E-state index in [1.807, 2.05) is 11.8 Å². The van der Waals surface area contributed by atoms with Crippen molar-refractivity contribution in [2.45, 2.75) is 43.9 Å². The molecule has 1 fully saturated rings. The van der Waals surface area contributed by atoms with Crippen molar-refractivity contribution in [2.75, 3.05) is 19.3 Å². The number of nitrogens with zero attached hydrogens (tertiary/aromatic N) is 1. The number of aliphatic imine (C=N–C) groups is 1. The van der Waals surface area contributed by atoms with E-state index < -0.39 is 5.82 Å². The molecular weight excluding hydrogens is 443 g/mol. The highest BCUT2D eigenvalue weighted by Gasteiger charge is 2.24. The second kappa shape index (κ2) is 11.1. The molecule has 0 saturated heterocycles. The van der Waals surface area contributed by atoms with Gasteiger partial charge < -0.3 is 10.6 Å². The van der Waals surface area contributed by atoms with Gasteiger partial charge in [0.15, 0.2) is 5.96 Å². The summed E-state index contributed by atoms with van der Waals surface area (Å²) in [4.78, 5) is 4.21. The van der Waals surface area contributed by atoms with E-state index in [0.717, 1.165) is 35.9 Å². The summed E-state index contributed by atoms with van der Waals surface area (Å²) >= 11 is 2.02. The minimum absolute atomic E-state index is 0. The highest BCUT2D eigenvalue weighted by molar-refractivity contribution is 14.0. The van der Waals surface area contributed by atoms with Crippen LogP contribution in [0.25, 0.3) is 0 Å². The zero-order valence-corrected chi connectivity index (χ0v) is 17.3. The van der Waals surface area contributed by atoms with Crippen LogP contribution in [0.15, 0.2) is 23.2 Å². The Morgan fingerprint density at radius 2 is 2.12 bits per heavy atom. The lowest BCUT2D eigenvalue weighted by molar-refractivity contribution is 0.581. The SMILES string of the molecule is CCSC1CCC(NC(=NC)NCCc2cc(F)ccc2F)C1.I. The fraction of sp³-hybridized carbons (Fsp3) is 0.588. The fourth-order valence-electron chi connectivity index (χ4n) is 2.90. The monoisotopic (exact) mass is 469 g/mol. The summed E-state index contributed by atoms with van der Waals surface area (Å²) in [5, 5.41) is 7.34. The van der Waals surface area contributed by atoms with E-state index in [1.54, 1.807) is 7.05 Å². The number of nitrogens with one attached hydrogen (secondary N) is 2. The first kappa shape index (κ1) is 21.5. The van der Waals surface area contributed by atoms with Crippen LogP contribution in [-0.4, -0.2) is 36.6 Å². The molecule has 2 atom stereocenters. The lowest BCUT2D eigenvalue weighted by atomic mass is 10.1. The number of rotatable bonds is 6. The van der Waals surface area contributed by atoms with E-state index in [0.29, 0.717) is 24.6 Å². The smallest absolute Gasteiger partial charge is 0.191 e. The summed E-state index contributed by atoms with van der Waals surface area (Å²) in [5.74, 6) is 1.11. The lowest BCUT2D eigenvalue weighted by Crippen LogP contribution is -2.43. The standard InChI is InChI=1S/C17H25F2N3S.HI/c1-3-23-15-6-5-14(11-15)22-17(20-2)21-9-8-12-10-13(18)4-7-16(12)19;/h4,7,10,14-15H,3,5-6,8-9,11H2,1-2H3,(H2,20,21,22);1H. The molecule has 0 aromatic heterocycles. The van der Waals surface area contributed by atoms with Gasteiger partial charge in [-0.3, -0.25) is 4.99 Å². The second-order valence-corrected chi connectivity index (χ2v) is 7.29. The Morgan fingerprint density at radius 1 is 1.33 bits per heavy atom. The Balaban J connectivity index is 0.00000288. The zero-order valence-electron chi connectivity index (χ0n) is 14.1. The number of guanidine groups is 1. The molecule has 0 radical (unpaired) electrons. The van der Waals surface area contributed by atoms with Crippen molar-refractivity contribution in [3.8, 4) is 0 Å². The van der Waals surface area contributed by atoms with Crippen molar-refractivity contribution >= 4 is 41.7 Å². The van der Waals surface area contributed by atoms with Crippen LogP contribution in [0.2, 0.25) is 0 Å². The summed E-state index contributed by atoms with van der Waals surface area (Å²) in [6, 6.07) is 3.99. The molecule has 3 nitrogen and oxygen atoms in total. The van der Waals surface area contributed by atoms with Crippen LogP contribution >= 0.6 is 35.7 Å². The third-order valence-electron chi connectivity index (χ3n) is 4.05. The van der Waals surface area contributed by atoms with Gasteiger partial charge in [0.05, 0.1) is 0 Å². The Morgan fingerprint density at radius 3 is 2.83 bits per heavy atom. The molecule has 1 aliphatic rings. The zero-order chi connectivity index (χ0) is 16.7. The predicted molar refractivity (Wildman–Crippen MR) is 110 cm³/mol. The molecule has 24 heavy (non-hydrogen) atoms. The van der Waals surface area contributed by atoms with Gasteiger partial charge in [0.25, 0.3) is 0 Å². The van der Waals surface area contributed by atoms with Crippen LogP contribution < -0.4 is 10.6 Å². The molecule has 0 spiro atoms. The summed E-state index contributed by atoms with van der Waals surface area (Å²) in [6.45, 7) is 2.71. The Labute approximate surface area is 164 Å². The third-order valence-corrected chi connectivity index (χ3v) is 5.28. The van der Waals surface area contributed by atoms with Crippen molar-refractivity contribution in [3.63, 3.8) is 0 Å². The van der Waals surface area contributed by atoms with Gasteiger partial charge in [-0.2, -0.15) is 11.8 Å². The van der Waals surface area contributed by atoms with Gasteiger partial charge in [-0.15, -0.1) is 24.0 Å². The molecule has 1 saturated carbocycles. The van der Waals surface area contributed by atoms with Crippen molar-refractivity contribution in [2.24, 2.45) is 4.99 Å². The molecule has 2 unspecified atom stereocenters. The molecule has 0 heterocycles. The molecule has 136 valence electrons. The van der Waals surface area contributed by atoms with Crippen LogP contribution in [0.5, 0.6) is 0 Å². The van der Waals surface area contributed by atoms with E-state index >= 15 is 0 Å². The van der Waals surface area contributed by atoms with E-state index in [4.69, 9.17) is 0 Å². The summed E-state index contributed by atoms with van der Waals surface area (Å²) in [5.41, 5.74) is 0.383. The predicted octanol–water partition coefficient (Wildman–Crippen LogP) is 3.96. The molecule has 2 N–H and O–H groups in total. The normalized spacial score (nSPS) is 20.6. The van der Waals surface area contributed by atoms with Gasteiger partial charge in [-0.1, -0.05) is 6.92 Å². The molecule has 0 amide bonds. The quantitative estimate of drug-likeness (QED) is 0.376. The van der Waals surface area contributed by atoms with Crippen LogP contribution in [-0.2, 0) is 6.42 Å². The van der Waals surface area contributed by atoms with Gasteiger partial charge >= 0.3 is 0 Å². The van der Waals surface area contributed by atoms with Crippen LogP contribution in [0.3, 0.4) is 0 Å². The lowest BCUT2D eigenvalue weighted by Gasteiger charge is -2.17. The third kappa shape index (κ3) is 6.74. The molecule has 1 aromatic carbocycles. The maximum atomic E-state index is 13.6. The number of thioether (sulfide) groups is 1. The average molecular weight is 469 g/mol. The van der Waals surface area contributed by atoms with Gasteiger partial charge in [0, 0.05) is 24.9 Å². The first-order chi connectivity index (χ1) is 11.1. The summed E-state index contributed by atoms with van der Waals surface area (Å²) < 4.78 is 26.7. The molecular formula is C17H26F2IN3S.